The van der Waals surface area contributed by atoms with Crippen LogP contribution in [0.5, 0.6) is 0 Å². The molecule has 0 bridgehead atoms. The van der Waals surface area contributed by atoms with Crippen molar-refractivity contribution in [3.8, 4) is 0 Å². The highest BCUT2D eigenvalue weighted by Gasteiger charge is 2.26. The molecule has 4 rings (SSSR count). The lowest BCUT2D eigenvalue weighted by Crippen LogP contribution is -2.44. The highest BCUT2D eigenvalue weighted by Crippen LogP contribution is 2.21. The van der Waals surface area contributed by atoms with Crippen molar-refractivity contribution in [1.29, 1.82) is 0 Å². The van der Waals surface area contributed by atoms with Gasteiger partial charge in [-0.2, -0.15) is 0 Å². The summed E-state index contributed by atoms with van der Waals surface area (Å²) >= 11 is 0. The molecule has 0 atom stereocenters. The zero-order valence-electron chi connectivity index (χ0n) is 14.9. The number of hydrogen-bond acceptors (Lipinski definition) is 4. The fourth-order valence-corrected chi connectivity index (χ4v) is 3.82. The zero-order chi connectivity index (χ0) is 17.2. The minimum atomic E-state index is 0.0613. The Hall–Kier alpha value is -1.92. The Morgan fingerprint density at radius 2 is 2.00 bits per heavy atom. The van der Waals surface area contributed by atoms with Gasteiger partial charge in [0.25, 0.3) is 5.91 Å². The summed E-state index contributed by atoms with van der Waals surface area (Å²) in [5, 5.41) is 0. The average molecular weight is 342 g/mol. The van der Waals surface area contributed by atoms with Crippen LogP contribution in [0.15, 0.2) is 24.5 Å². The molecule has 2 aromatic rings. The number of piperidine rings is 1. The lowest BCUT2D eigenvalue weighted by atomic mass is 9.96. The highest BCUT2D eigenvalue weighted by molar-refractivity contribution is 5.93. The first-order valence-electron chi connectivity index (χ1n) is 9.24. The van der Waals surface area contributed by atoms with Crippen molar-refractivity contribution >= 4 is 11.6 Å². The fourth-order valence-electron chi connectivity index (χ4n) is 3.82. The van der Waals surface area contributed by atoms with Crippen molar-refractivity contribution in [3.05, 3.63) is 35.8 Å². The number of hydrogen-bond donors (Lipinski definition) is 0. The maximum Gasteiger partial charge on any atom is 0.274 e. The number of aromatic nitrogens is 2. The van der Waals surface area contributed by atoms with E-state index in [1.54, 1.807) is 0 Å². The molecule has 2 aliphatic heterocycles. The van der Waals surface area contributed by atoms with E-state index < -0.39 is 0 Å². The molecule has 6 nitrogen and oxygen atoms in total. The second-order valence-electron chi connectivity index (χ2n) is 7.24. The summed E-state index contributed by atoms with van der Waals surface area (Å²) in [4.78, 5) is 21.7. The van der Waals surface area contributed by atoms with Crippen LogP contribution in [0.4, 0.5) is 0 Å². The number of pyridine rings is 1. The number of carbonyl (C=O) groups is 1. The number of ether oxygens (including phenoxy) is 1. The lowest BCUT2D eigenvalue weighted by Gasteiger charge is -2.35. The van der Waals surface area contributed by atoms with E-state index in [2.05, 4.69) is 9.88 Å². The van der Waals surface area contributed by atoms with Gasteiger partial charge in [-0.1, -0.05) is 0 Å². The van der Waals surface area contributed by atoms with Crippen LogP contribution in [-0.2, 0) is 4.74 Å². The Kier molecular flexibility index (Phi) is 4.72. The second-order valence-corrected chi connectivity index (χ2v) is 7.24. The summed E-state index contributed by atoms with van der Waals surface area (Å²) in [7, 11) is 0. The molecule has 2 fully saturated rings. The van der Waals surface area contributed by atoms with Gasteiger partial charge in [0.05, 0.1) is 13.2 Å². The Bertz CT molecular complexity index is 743. The molecule has 1 amide bonds. The summed E-state index contributed by atoms with van der Waals surface area (Å²) in [5.41, 5.74) is 2.55. The molecule has 2 saturated heterocycles. The molecule has 134 valence electrons. The molecule has 0 saturated carbocycles. The number of nitrogens with zero attached hydrogens (tertiary/aromatic N) is 4. The van der Waals surface area contributed by atoms with Crippen LogP contribution in [0.25, 0.3) is 5.65 Å². The maximum atomic E-state index is 12.8. The first kappa shape index (κ1) is 16.5. The zero-order valence-corrected chi connectivity index (χ0v) is 14.9. The van der Waals surface area contributed by atoms with Crippen molar-refractivity contribution < 1.29 is 9.53 Å². The molecule has 2 aromatic heterocycles. The largest absolute Gasteiger partial charge is 0.379 e. The van der Waals surface area contributed by atoms with Gasteiger partial charge in [0.1, 0.15) is 11.3 Å². The first-order chi connectivity index (χ1) is 12.2. The van der Waals surface area contributed by atoms with E-state index in [1.807, 2.05) is 40.8 Å². The van der Waals surface area contributed by atoms with E-state index in [4.69, 9.17) is 4.74 Å². The van der Waals surface area contributed by atoms with Crippen LogP contribution in [0.1, 0.15) is 28.9 Å². The van der Waals surface area contributed by atoms with E-state index >= 15 is 0 Å². The lowest BCUT2D eigenvalue weighted by molar-refractivity contribution is 0.0242. The van der Waals surface area contributed by atoms with Gasteiger partial charge < -0.3 is 14.0 Å². The Morgan fingerprint density at radius 3 is 2.76 bits per heavy atom. The molecular formula is C19H26N4O2. The standard InChI is InChI=1S/C19H26N4O2/c1-15-2-5-23-14-17(20-18(23)12-15)19(24)22-6-3-16(4-7-22)13-21-8-10-25-11-9-21/h2,5,12,14,16H,3-4,6-11,13H2,1H3. The summed E-state index contributed by atoms with van der Waals surface area (Å²) in [6.07, 6.45) is 5.96. The minimum absolute atomic E-state index is 0.0613. The number of carbonyl (C=O) groups excluding carboxylic acids is 1. The van der Waals surface area contributed by atoms with E-state index in [1.165, 1.54) is 0 Å². The molecular weight excluding hydrogens is 316 g/mol. The number of rotatable bonds is 3. The van der Waals surface area contributed by atoms with Crippen molar-refractivity contribution in [1.82, 2.24) is 19.2 Å². The number of fused-ring (bicyclic) bond motifs is 1. The summed E-state index contributed by atoms with van der Waals surface area (Å²) in [6, 6.07) is 4.03. The summed E-state index contributed by atoms with van der Waals surface area (Å²) < 4.78 is 7.34. The molecule has 25 heavy (non-hydrogen) atoms. The molecule has 0 spiro atoms. The van der Waals surface area contributed by atoms with Crippen LogP contribution in [-0.4, -0.2) is 71.0 Å². The summed E-state index contributed by atoms with van der Waals surface area (Å²) in [6.45, 7) is 8.63. The van der Waals surface area contributed by atoms with Gasteiger partial charge in [-0.05, 0) is 43.4 Å². The average Bonchev–Trinajstić information content (AvgIpc) is 3.06. The van der Waals surface area contributed by atoms with E-state index in [0.717, 1.165) is 70.0 Å². The molecule has 0 radical (unpaired) electrons. The molecule has 0 unspecified atom stereocenters. The van der Waals surface area contributed by atoms with E-state index in [-0.39, 0.29) is 5.91 Å². The quantitative estimate of drug-likeness (QED) is 0.854. The monoisotopic (exact) mass is 342 g/mol. The molecule has 4 heterocycles. The third kappa shape index (κ3) is 3.70. The smallest absolute Gasteiger partial charge is 0.274 e. The van der Waals surface area contributed by atoms with Crippen LogP contribution >= 0.6 is 0 Å². The molecule has 2 aliphatic rings. The normalized spacial score (nSPS) is 20.3. The van der Waals surface area contributed by atoms with Crippen LogP contribution < -0.4 is 0 Å². The van der Waals surface area contributed by atoms with Gasteiger partial charge in [-0.15, -0.1) is 0 Å². The number of imidazole rings is 1. The van der Waals surface area contributed by atoms with Crippen LogP contribution in [0, 0.1) is 12.8 Å². The maximum absolute atomic E-state index is 12.8. The van der Waals surface area contributed by atoms with Crippen molar-refractivity contribution in [2.45, 2.75) is 19.8 Å². The second kappa shape index (κ2) is 7.14. The van der Waals surface area contributed by atoms with Gasteiger partial charge in [-0.25, -0.2) is 4.98 Å². The van der Waals surface area contributed by atoms with Gasteiger partial charge >= 0.3 is 0 Å². The van der Waals surface area contributed by atoms with Crippen molar-refractivity contribution in [2.75, 3.05) is 45.9 Å². The molecule has 0 aliphatic carbocycles. The number of aryl methyl sites for hydroxylation is 1. The topological polar surface area (TPSA) is 50.1 Å². The first-order valence-corrected chi connectivity index (χ1v) is 9.24. The predicted octanol–water partition coefficient (Wildman–Crippen LogP) is 1.83. The highest BCUT2D eigenvalue weighted by atomic mass is 16.5. The van der Waals surface area contributed by atoms with Crippen LogP contribution in [0.2, 0.25) is 0 Å². The van der Waals surface area contributed by atoms with E-state index in [9.17, 15) is 4.79 Å². The molecule has 0 N–H and O–H groups in total. The number of likely N-dealkylation sites (tertiary alicyclic amines) is 1. The number of morpholine rings is 1. The van der Waals surface area contributed by atoms with E-state index in [0.29, 0.717) is 11.6 Å². The van der Waals surface area contributed by atoms with Gasteiger partial charge in [0, 0.05) is 45.1 Å². The predicted molar refractivity (Wildman–Crippen MR) is 95.8 cm³/mol. The fraction of sp³-hybridized carbons (Fsp3) is 0.579. The van der Waals surface area contributed by atoms with Gasteiger partial charge in [0.2, 0.25) is 0 Å². The third-order valence-electron chi connectivity index (χ3n) is 5.36. The Balaban J connectivity index is 1.35. The Morgan fingerprint density at radius 1 is 1.24 bits per heavy atom. The van der Waals surface area contributed by atoms with Crippen molar-refractivity contribution in [3.63, 3.8) is 0 Å². The number of amides is 1. The summed E-state index contributed by atoms with van der Waals surface area (Å²) in [5.74, 6) is 0.747. The van der Waals surface area contributed by atoms with Gasteiger partial charge in [0.15, 0.2) is 0 Å². The minimum Gasteiger partial charge on any atom is -0.379 e. The van der Waals surface area contributed by atoms with Crippen LogP contribution in [0.3, 0.4) is 0 Å². The third-order valence-corrected chi connectivity index (χ3v) is 5.36. The molecule has 6 heteroatoms. The SMILES string of the molecule is Cc1ccn2cc(C(=O)N3CCC(CN4CCOCC4)CC3)nc2c1. The van der Waals surface area contributed by atoms with Gasteiger partial charge in [-0.3, -0.25) is 9.69 Å². The van der Waals surface area contributed by atoms with Crippen molar-refractivity contribution in [2.24, 2.45) is 5.92 Å². The molecule has 0 aromatic carbocycles. The Labute approximate surface area is 148 Å².